The summed E-state index contributed by atoms with van der Waals surface area (Å²) in [7, 11) is 0. The Morgan fingerprint density at radius 1 is 1.12 bits per heavy atom. The van der Waals surface area contributed by atoms with E-state index in [0.717, 1.165) is 5.01 Å². The molecule has 0 saturated heterocycles. The molecule has 1 N–H and O–H groups in total. The molecular weight excluding hydrogens is 377 g/mol. The largest absolute Gasteiger partial charge is 0.318 e. The molecule has 1 heterocycles. The maximum Gasteiger partial charge on any atom is 0.293 e. The van der Waals surface area contributed by atoms with Crippen LogP contribution in [0.15, 0.2) is 53.6 Å². The summed E-state index contributed by atoms with van der Waals surface area (Å²) in [5.74, 6) is -3.69. The van der Waals surface area contributed by atoms with Gasteiger partial charge < -0.3 is 5.32 Å². The third-order valence-corrected chi connectivity index (χ3v) is 4.35. The van der Waals surface area contributed by atoms with Crippen LogP contribution in [0.2, 0.25) is 10.0 Å². The van der Waals surface area contributed by atoms with Gasteiger partial charge in [-0.3, -0.25) is 14.4 Å². The topological polar surface area (TPSA) is 78.8 Å². The Labute approximate surface area is 159 Å². The van der Waals surface area contributed by atoms with Gasteiger partial charge in [0, 0.05) is 5.02 Å². The second kappa shape index (κ2) is 7.27. The van der Waals surface area contributed by atoms with Crippen molar-refractivity contribution in [3.05, 3.63) is 58.6 Å². The Kier molecular flexibility index (Phi) is 5.06. The van der Waals surface area contributed by atoms with Gasteiger partial charge in [0.25, 0.3) is 11.8 Å². The molecule has 132 valence electrons. The monoisotopic (exact) mass is 389 g/mol. The van der Waals surface area contributed by atoms with Crippen molar-refractivity contribution in [2.24, 2.45) is 11.0 Å². The molecular formula is C18H13Cl2N3O3. The number of rotatable bonds is 4. The minimum Gasteiger partial charge on any atom is -0.318 e. The lowest BCUT2D eigenvalue weighted by atomic mass is 9.98. The summed E-state index contributed by atoms with van der Waals surface area (Å²) in [5.41, 5.74) is 1.00. The van der Waals surface area contributed by atoms with Crippen molar-refractivity contribution in [1.29, 1.82) is 0 Å². The molecule has 0 radical (unpaired) electrons. The van der Waals surface area contributed by atoms with Crippen LogP contribution in [0.25, 0.3) is 0 Å². The third kappa shape index (κ3) is 3.47. The van der Waals surface area contributed by atoms with Gasteiger partial charge in [-0.1, -0.05) is 41.4 Å². The molecule has 0 aliphatic carbocycles. The number of benzene rings is 2. The van der Waals surface area contributed by atoms with Gasteiger partial charge in [0.05, 0.1) is 22.1 Å². The second-order valence-corrected chi connectivity index (χ2v) is 6.45. The lowest BCUT2D eigenvalue weighted by Gasteiger charge is -2.14. The Bertz CT molecular complexity index is 929. The molecule has 0 saturated carbocycles. The average molecular weight is 390 g/mol. The molecule has 0 fully saturated rings. The molecule has 2 aromatic rings. The number of hydrazone groups is 1. The van der Waals surface area contributed by atoms with E-state index in [1.807, 2.05) is 0 Å². The van der Waals surface area contributed by atoms with Crippen LogP contribution in [0.3, 0.4) is 0 Å². The van der Waals surface area contributed by atoms with Gasteiger partial charge in [0.15, 0.2) is 0 Å². The molecule has 1 atom stereocenters. The Morgan fingerprint density at radius 2 is 1.81 bits per heavy atom. The summed E-state index contributed by atoms with van der Waals surface area (Å²) in [6.45, 7) is 1.53. The van der Waals surface area contributed by atoms with Crippen LogP contribution in [-0.2, 0) is 14.4 Å². The fourth-order valence-electron chi connectivity index (χ4n) is 2.53. The number of nitrogens with zero attached hydrogens (tertiary/aromatic N) is 2. The van der Waals surface area contributed by atoms with Crippen molar-refractivity contribution in [1.82, 2.24) is 0 Å². The fourth-order valence-corrected chi connectivity index (χ4v) is 2.98. The van der Waals surface area contributed by atoms with E-state index < -0.39 is 23.5 Å². The summed E-state index contributed by atoms with van der Waals surface area (Å²) >= 11 is 11.8. The summed E-state index contributed by atoms with van der Waals surface area (Å²) in [5, 5.41) is 8.23. The van der Waals surface area contributed by atoms with E-state index in [2.05, 4.69) is 10.4 Å². The Morgan fingerprint density at radius 3 is 2.46 bits per heavy atom. The number of Topliss-reactive ketones (excluding diaryl/α,β-unsaturated/α-hetero) is 1. The van der Waals surface area contributed by atoms with Gasteiger partial charge in [-0.05, 0) is 37.3 Å². The number of halogens is 2. The molecule has 8 heteroatoms. The Balaban J connectivity index is 1.78. The van der Waals surface area contributed by atoms with E-state index in [0.29, 0.717) is 10.7 Å². The van der Waals surface area contributed by atoms with Gasteiger partial charge in [-0.2, -0.15) is 10.1 Å². The molecule has 1 aliphatic heterocycles. The first-order chi connectivity index (χ1) is 12.4. The first kappa shape index (κ1) is 18.1. The highest BCUT2D eigenvalue weighted by atomic mass is 35.5. The number of para-hydroxylation sites is 1. The number of amides is 2. The van der Waals surface area contributed by atoms with Crippen molar-refractivity contribution in [3.63, 3.8) is 0 Å². The lowest BCUT2D eigenvalue weighted by Crippen LogP contribution is -2.39. The van der Waals surface area contributed by atoms with E-state index in [4.69, 9.17) is 23.2 Å². The van der Waals surface area contributed by atoms with Crippen molar-refractivity contribution in [3.8, 4) is 0 Å². The highest BCUT2D eigenvalue weighted by molar-refractivity contribution is 6.50. The number of hydrogen-bond donors (Lipinski definition) is 1. The van der Waals surface area contributed by atoms with Crippen LogP contribution in [-0.4, -0.2) is 23.3 Å². The maximum absolute atomic E-state index is 12.6. The van der Waals surface area contributed by atoms with E-state index in [1.54, 1.807) is 30.3 Å². The molecule has 2 amide bonds. The Hall–Kier alpha value is -2.70. The summed E-state index contributed by atoms with van der Waals surface area (Å²) in [4.78, 5) is 37.4. The van der Waals surface area contributed by atoms with Crippen molar-refractivity contribution in [2.45, 2.75) is 6.92 Å². The standard InChI is InChI=1S/C18H13Cl2N3O3/c1-10-15(18(26)23(22-10)12-5-3-2-4-6-12)16(24)17(25)21-14-8-7-11(19)9-13(14)20/h2-9,15H,1H3,(H,21,25)/t15-/m1/s1. The van der Waals surface area contributed by atoms with Crippen LogP contribution in [0, 0.1) is 5.92 Å². The van der Waals surface area contributed by atoms with Crippen LogP contribution >= 0.6 is 23.2 Å². The van der Waals surface area contributed by atoms with Crippen LogP contribution < -0.4 is 10.3 Å². The minimum absolute atomic E-state index is 0.188. The molecule has 0 unspecified atom stereocenters. The average Bonchev–Trinajstić information content (AvgIpc) is 2.92. The minimum atomic E-state index is -1.26. The van der Waals surface area contributed by atoms with Gasteiger partial charge >= 0.3 is 0 Å². The first-order valence-electron chi connectivity index (χ1n) is 7.63. The first-order valence-corrected chi connectivity index (χ1v) is 8.38. The predicted molar refractivity (Wildman–Crippen MR) is 101 cm³/mol. The number of carbonyl (C=O) groups excluding carboxylic acids is 3. The van der Waals surface area contributed by atoms with Crippen molar-refractivity contribution in [2.75, 3.05) is 10.3 Å². The van der Waals surface area contributed by atoms with Gasteiger partial charge in [-0.25, -0.2) is 0 Å². The molecule has 1 aliphatic rings. The molecule has 0 bridgehead atoms. The zero-order chi connectivity index (χ0) is 18.8. The lowest BCUT2D eigenvalue weighted by molar-refractivity contribution is -0.138. The van der Waals surface area contributed by atoms with Crippen molar-refractivity contribution >= 4 is 57.9 Å². The predicted octanol–water partition coefficient (Wildman–Crippen LogP) is 3.54. The fraction of sp³-hybridized carbons (Fsp3) is 0.111. The van der Waals surface area contributed by atoms with E-state index in [-0.39, 0.29) is 16.4 Å². The second-order valence-electron chi connectivity index (χ2n) is 5.60. The number of ketones is 1. The maximum atomic E-state index is 12.6. The van der Waals surface area contributed by atoms with Gasteiger partial charge in [0.1, 0.15) is 5.92 Å². The number of anilines is 2. The summed E-state index contributed by atoms with van der Waals surface area (Å²) in [6.07, 6.45) is 0. The molecule has 26 heavy (non-hydrogen) atoms. The van der Waals surface area contributed by atoms with E-state index >= 15 is 0 Å². The number of carbonyl (C=O) groups is 3. The molecule has 2 aromatic carbocycles. The van der Waals surface area contributed by atoms with E-state index in [1.165, 1.54) is 25.1 Å². The zero-order valence-electron chi connectivity index (χ0n) is 13.6. The molecule has 6 nitrogen and oxygen atoms in total. The molecule has 3 rings (SSSR count). The zero-order valence-corrected chi connectivity index (χ0v) is 15.1. The van der Waals surface area contributed by atoms with Crippen molar-refractivity contribution < 1.29 is 14.4 Å². The highest BCUT2D eigenvalue weighted by Crippen LogP contribution is 2.27. The number of nitrogens with one attached hydrogen (secondary N) is 1. The van der Waals surface area contributed by atoms with Crippen LogP contribution in [0.5, 0.6) is 0 Å². The summed E-state index contributed by atoms with van der Waals surface area (Å²) < 4.78 is 0. The SMILES string of the molecule is CC1=NN(c2ccccc2)C(=O)[C@H]1C(=O)C(=O)Nc1ccc(Cl)cc1Cl. The molecule has 0 aromatic heterocycles. The van der Waals surface area contributed by atoms with Crippen LogP contribution in [0.4, 0.5) is 11.4 Å². The van der Waals surface area contributed by atoms with Crippen LogP contribution in [0.1, 0.15) is 6.92 Å². The molecule has 0 spiro atoms. The number of hydrogen-bond acceptors (Lipinski definition) is 4. The smallest absolute Gasteiger partial charge is 0.293 e. The van der Waals surface area contributed by atoms with Gasteiger partial charge in [0.2, 0.25) is 5.78 Å². The normalized spacial score (nSPS) is 16.4. The highest BCUT2D eigenvalue weighted by Gasteiger charge is 2.42. The summed E-state index contributed by atoms with van der Waals surface area (Å²) in [6, 6.07) is 13.1. The van der Waals surface area contributed by atoms with Gasteiger partial charge in [-0.15, -0.1) is 0 Å². The quantitative estimate of drug-likeness (QED) is 0.641. The van der Waals surface area contributed by atoms with E-state index in [9.17, 15) is 14.4 Å². The third-order valence-electron chi connectivity index (χ3n) is 3.80.